The third-order valence-electron chi connectivity index (χ3n) is 3.43. The van der Waals surface area contributed by atoms with Crippen LogP contribution in [0.15, 0.2) is 23.6 Å². The van der Waals surface area contributed by atoms with E-state index in [1.54, 1.807) is 0 Å². The van der Waals surface area contributed by atoms with E-state index in [1.165, 1.54) is 24.2 Å². The molecule has 3 rings (SSSR count). The molecule has 2 N–H and O–H groups in total. The Morgan fingerprint density at radius 1 is 1.40 bits per heavy atom. The first-order valence-electron chi connectivity index (χ1n) is 6.72. The second-order valence-electron chi connectivity index (χ2n) is 5.10. The maximum atomic E-state index is 12.3. The summed E-state index contributed by atoms with van der Waals surface area (Å²) in [7, 11) is 1.82. The SMILES string of the molecule is CNc1cc(C)ccc1C(=O)Nc1nc(C2CC2)cs1. The molecule has 0 unspecified atom stereocenters. The van der Waals surface area contributed by atoms with Gasteiger partial charge in [0, 0.05) is 24.0 Å². The van der Waals surface area contributed by atoms with Gasteiger partial charge in [0.15, 0.2) is 5.13 Å². The minimum Gasteiger partial charge on any atom is -0.387 e. The smallest absolute Gasteiger partial charge is 0.259 e. The van der Waals surface area contributed by atoms with Crippen molar-refractivity contribution in [1.82, 2.24) is 4.98 Å². The Hall–Kier alpha value is -1.88. The molecule has 1 aliphatic carbocycles. The van der Waals surface area contributed by atoms with Crippen molar-refractivity contribution in [3.8, 4) is 0 Å². The number of carbonyl (C=O) groups is 1. The normalized spacial score (nSPS) is 14.1. The zero-order chi connectivity index (χ0) is 14.1. The second-order valence-corrected chi connectivity index (χ2v) is 5.96. The minimum atomic E-state index is -0.119. The minimum absolute atomic E-state index is 0.119. The van der Waals surface area contributed by atoms with Gasteiger partial charge in [-0.25, -0.2) is 4.98 Å². The third kappa shape index (κ3) is 2.67. The topological polar surface area (TPSA) is 54.0 Å². The average Bonchev–Trinajstić information content (AvgIpc) is 3.19. The predicted octanol–water partition coefficient (Wildman–Crippen LogP) is 3.62. The quantitative estimate of drug-likeness (QED) is 0.903. The third-order valence-corrected chi connectivity index (χ3v) is 4.20. The first-order valence-corrected chi connectivity index (χ1v) is 7.60. The Morgan fingerprint density at radius 3 is 2.90 bits per heavy atom. The lowest BCUT2D eigenvalue weighted by Gasteiger charge is -2.09. The molecule has 1 amide bonds. The van der Waals surface area contributed by atoms with Gasteiger partial charge in [-0.2, -0.15) is 0 Å². The zero-order valence-corrected chi connectivity index (χ0v) is 12.4. The molecule has 1 heterocycles. The molecule has 4 nitrogen and oxygen atoms in total. The van der Waals surface area contributed by atoms with Gasteiger partial charge in [0.25, 0.3) is 5.91 Å². The number of carbonyl (C=O) groups excluding carboxylic acids is 1. The first-order chi connectivity index (χ1) is 9.67. The van der Waals surface area contributed by atoms with E-state index in [0.29, 0.717) is 16.6 Å². The van der Waals surface area contributed by atoms with Crippen molar-refractivity contribution >= 4 is 28.1 Å². The lowest BCUT2D eigenvalue weighted by atomic mass is 10.1. The maximum Gasteiger partial charge on any atom is 0.259 e. The van der Waals surface area contributed by atoms with Gasteiger partial charge >= 0.3 is 0 Å². The van der Waals surface area contributed by atoms with Crippen LogP contribution in [0.4, 0.5) is 10.8 Å². The Labute approximate surface area is 122 Å². The van der Waals surface area contributed by atoms with Crippen molar-refractivity contribution in [2.75, 3.05) is 17.7 Å². The van der Waals surface area contributed by atoms with Crippen molar-refractivity contribution < 1.29 is 4.79 Å². The summed E-state index contributed by atoms with van der Waals surface area (Å²) in [4.78, 5) is 16.8. The maximum absolute atomic E-state index is 12.3. The molecule has 20 heavy (non-hydrogen) atoms. The van der Waals surface area contributed by atoms with Crippen LogP contribution in [0.25, 0.3) is 0 Å². The van der Waals surface area contributed by atoms with Gasteiger partial charge in [-0.15, -0.1) is 11.3 Å². The van der Waals surface area contributed by atoms with E-state index in [2.05, 4.69) is 15.6 Å². The lowest BCUT2D eigenvalue weighted by Crippen LogP contribution is -2.14. The first kappa shape index (κ1) is 13.1. The number of thiazole rings is 1. The molecule has 0 aliphatic heterocycles. The number of benzene rings is 1. The van der Waals surface area contributed by atoms with Gasteiger partial charge in [0.2, 0.25) is 0 Å². The Morgan fingerprint density at radius 2 is 2.20 bits per heavy atom. The van der Waals surface area contributed by atoms with Crippen molar-refractivity contribution in [3.05, 3.63) is 40.4 Å². The highest BCUT2D eigenvalue weighted by Crippen LogP contribution is 2.40. The highest BCUT2D eigenvalue weighted by Gasteiger charge is 2.26. The van der Waals surface area contributed by atoms with Crippen LogP contribution in [0.3, 0.4) is 0 Å². The number of aryl methyl sites for hydroxylation is 1. The van der Waals surface area contributed by atoms with Crippen LogP contribution in [0.5, 0.6) is 0 Å². The molecule has 2 aromatic rings. The number of rotatable bonds is 4. The lowest BCUT2D eigenvalue weighted by molar-refractivity contribution is 0.102. The van der Waals surface area contributed by atoms with E-state index in [4.69, 9.17) is 0 Å². The van der Waals surface area contributed by atoms with Gasteiger partial charge < -0.3 is 5.32 Å². The van der Waals surface area contributed by atoms with Crippen molar-refractivity contribution in [3.63, 3.8) is 0 Å². The van der Waals surface area contributed by atoms with Crippen LogP contribution < -0.4 is 10.6 Å². The Kier molecular flexibility index (Phi) is 3.44. The van der Waals surface area contributed by atoms with Crippen LogP contribution in [0.1, 0.15) is 40.4 Å². The number of aromatic nitrogens is 1. The fourth-order valence-corrected chi connectivity index (χ4v) is 2.92. The number of nitrogens with one attached hydrogen (secondary N) is 2. The van der Waals surface area contributed by atoms with Gasteiger partial charge in [-0.1, -0.05) is 6.07 Å². The molecule has 0 spiro atoms. The van der Waals surface area contributed by atoms with E-state index < -0.39 is 0 Å². The van der Waals surface area contributed by atoms with Crippen LogP contribution in [-0.4, -0.2) is 17.9 Å². The second kappa shape index (κ2) is 5.25. The molecule has 1 fully saturated rings. The fraction of sp³-hybridized carbons (Fsp3) is 0.333. The highest BCUT2D eigenvalue weighted by atomic mass is 32.1. The molecule has 1 saturated carbocycles. The average molecular weight is 287 g/mol. The van der Waals surface area contributed by atoms with Crippen molar-refractivity contribution in [1.29, 1.82) is 0 Å². The Balaban J connectivity index is 1.77. The van der Waals surface area contributed by atoms with Crippen molar-refractivity contribution in [2.24, 2.45) is 0 Å². The van der Waals surface area contributed by atoms with Crippen molar-refractivity contribution in [2.45, 2.75) is 25.7 Å². The molecular weight excluding hydrogens is 270 g/mol. The standard InChI is InChI=1S/C15H17N3OS/c1-9-3-6-11(12(7-9)16-2)14(19)18-15-17-13(8-20-15)10-4-5-10/h3,6-8,10,16H,4-5H2,1-2H3,(H,17,18,19). The van der Waals surface area contributed by atoms with Gasteiger partial charge in [-0.05, 0) is 37.5 Å². The molecule has 1 aliphatic rings. The molecule has 0 saturated heterocycles. The van der Waals surface area contributed by atoms with Gasteiger partial charge in [0.05, 0.1) is 11.3 Å². The summed E-state index contributed by atoms with van der Waals surface area (Å²) in [6, 6.07) is 5.74. The van der Waals surface area contributed by atoms with E-state index in [9.17, 15) is 4.79 Å². The highest BCUT2D eigenvalue weighted by molar-refractivity contribution is 7.14. The number of hydrogen-bond acceptors (Lipinski definition) is 4. The van der Waals surface area contributed by atoms with E-state index in [0.717, 1.165) is 16.9 Å². The van der Waals surface area contributed by atoms with Gasteiger partial charge in [-0.3, -0.25) is 10.1 Å². The molecule has 5 heteroatoms. The summed E-state index contributed by atoms with van der Waals surface area (Å²) in [6.07, 6.45) is 2.44. The Bertz CT molecular complexity index is 646. The molecule has 0 atom stereocenters. The van der Waals surface area contributed by atoms with Crippen LogP contribution in [0, 0.1) is 6.92 Å². The number of anilines is 2. The molecule has 104 valence electrons. The molecule has 1 aromatic heterocycles. The monoisotopic (exact) mass is 287 g/mol. The zero-order valence-electron chi connectivity index (χ0n) is 11.6. The summed E-state index contributed by atoms with van der Waals surface area (Å²) in [5, 5.41) is 8.67. The van der Waals surface area contributed by atoms with Crippen LogP contribution >= 0.6 is 11.3 Å². The number of amides is 1. The van der Waals surface area contributed by atoms with Gasteiger partial charge in [0.1, 0.15) is 0 Å². The summed E-state index contributed by atoms with van der Waals surface area (Å²) < 4.78 is 0. The summed E-state index contributed by atoms with van der Waals surface area (Å²) >= 11 is 1.49. The number of nitrogens with zero attached hydrogens (tertiary/aromatic N) is 1. The number of hydrogen-bond donors (Lipinski definition) is 2. The van der Waals surface area contributed by atoms with E-state index >= 15 is 0 Å². The summed E-state index contributed by atoms with van der Waals surface area (Å²) in [5.74, 6) is 0.496. The fourth-order valence-electron chi connectivity index (χ4n) is 2.14. The molecule has 0 radical (unpaired) electrons. The van der Waals surface area contributed by atoms with E-state index in [-0.39, 0.29) is 5.91 Å². The summed E-state index contributed by atoms with van der Waals surface area (Å²) in [5.41, 5.74) is 3.71. The molecule has 1 aromatic carbocycles. The van der Waals surface area contributed by atoms with E-state index in [1.807, 2.05) is 37.6 Å². The predicted molar refractivity (Wildman–Crippen MR) is 82.8 cm³/mol. The molecular formula is C15H17N3OS. The van der Waals surface area contributed by atoms with Crippen LogP contribution in [-0.2, 0) is 0 Å². The molecule has 0 bridgehead atoms. The van der Waals surface area contributed by atoms with Crippen LogP contribution in [0.2, 0.25) is 0 Å². The summed E-state index contributed by atoms with van der Waals surface area (Å²) in [6.45, 7) is 2.01. The largest absolute Gasteiger partial charge is 0.387 e.